The summed E-state index contributed by atoms with van der Waals surface area (Å²) >= 11 is 0. The molecule has 0 amide bonds. The minimum atomic E-state index is 0.505. The summed E-state index contributed by atoms with van der Waals surface area (Å²) in [5, 5.41) is 3.39. The van der Waals surface area contributed by atoms with Crippen LogP contribution < -0.4 is 5.32 Å². The van der Waals surface area contributed by atoms with Gasteiger partial charge in [-0.3, -0.25) is 0 Å². The molecule has 0 bridgehead atoms. The third kappa shape index (κ3) is 2.17. The van der Waals surface area contributed by atoms with Crippen LogP contribution in [0, 0.1) is 5.92 Å². The van der Waals surface area contributed by atoms with Crippen LogP contribution >= 0.6 is 0 Å². The van der Waals surface area contributed by atoms with Gasteiger partial charge in [-0.15, -0.1) is 0 Å². The monoisotopic (exact) mass is 155 g/mol. The molecule has 11 heavy (non-hydrogen) atoms. The average molecular weight is 155 g/mol. The molecule has 2 rings (SSSR count). The van der Waals surface area contributed by atoms with Crippen LogP contribution in [0.4, 0.5) is 0 Å². The molecule has 0 spiro atoms. The Morgan fingerprint density at radius 3 is 2.82 bits per heavy atom. The van der Waals surface area contributed by atoms with Gasteiger partial charge in [0.25, 0.3) is 0 Å². The van der Waals surface area contributed by atoms with Gasteiger partial charge in [0.05, 0.1) is 6.10 Å². The molecule has 1 aliphatic heterocycles. The summed E-state index contributed by atoms with van der Waals surface area (Å²) in [4.78, 5) is 0. The maximum absolute atomic E-state index is 5.73. The lowest BCUT2D eigenvalue weighted by atomic mass is 10.2. The number of hydrogen-bond donors (Lipinski definition) is 1. The zero-order valence-electron chi connectivity index (χ0n) is 7.18. The first-order valence-electron chi connectivity index (χ1n) is 4.69. The standard InChI is InChI=1S/C9H17NO/c1-7-4-9(5-10-7)11-6-8-2-3-8/h7-10H,2-6H2,1H3/t7-,9+/m0/s1. The number of rotatable bonds is 3. The van der Waals surface area contributed by atoms with E-state index in [-0.39, 0.29) is 0 Å². The van der Waals surface area contributed by atoms with Crippen LogP contribution in [0.3, 0.4) is 0 Å². The first-order chi connectivity index (χ1) is 5.34. The molecule has 2 aliphatic rings. The molecule has 1 saturated heterocycles. The molecule has 2 nitrogen and oxygen atoms in total. The highest BCUT2D eigenvalue weighted by Crippen LogP contribution is 2.29. The smallest absolute Gasteiger partial charge is 0.0714 e. The van der Waals surface area contributed by atoms with Crippen molar-refractivity contribution in [1.82, 2.24) is 5.32 Å². The largest absolute Gasteiger partial charge is 0.377 e. The fourth-order valence-electron chi connectivity index (χ4n) is 1.58. The molecule has 0 unspecified atom stereocenters. The van der Waals surface area contributed by atoms with Gasteiger partial charge in [0, 0.05) is 19.2 Å². The molecule has 0 aromatic rings. The molecule has 0 aromatic heterocycles. The van der Waals surface area contributed by atoms with Crippen molar-refractivity contribution < 1.29 is 4.74 Å². The molecule has 1 aliphatic carbocycles. The zero-order valence-corrected chi connectivity index (χ0v) is 7.18. The van der Waals surface area contributed by atoms with E-state index in [9.17, 15) is 0 Å². The van der Waals surface area contributed by atoms with Crippen molar-refractivity contribution in [2.45, 2.75) is 38.3 Å². The van der Waals surface area contributed by atoms with Crippen LogP contribution in [0.2, 0.25) is 0 Å². The minimum Gasteiger partial charge on any atom is -0.377 e. The van der Waals surface area contributed by atoms with Crippen LogP contribution in [-0.4, -0.2) is 25.3 Å². The van der Waals surface area contributed by atoms with E-state index in [1.165, 1.54) is 19.3 Å². The van der Waals surface area contributed by atoms with Crippen molar-refractivity contribution in [2.75, 3.05) is 13.2 Å². The molecule has 0 radical (unpaired) electrons. The SMILES string of the molecule is C[C@H]1C[C@@H](OCC2CC2)CN1. The van der Waals surface area contributed by atoms with E-state index >= 15 is 0 Å². The quantitative estimate of drug-likeness (QED) is 0.660. The van der Waals surface area contributed by atoms with Crippen LogP contribution in [0.15, 0.2) is 0 Å². The van der Waals surface area contributed by atoms with E-state index in [2.05, 4.69) is 12.2 Å². The predicted molar refractivity (Wildman–Crippen MR) is 44.5 cm³/mol. The number of hydrogen-bond acceptors (Lipinski definition) is 2. The summed E-state index contributed by atoms with van der Waals surface area (Å²) in [5.74, 6) is 0.908. The Labute approximate surface area is 68.3 Å². The van der Waals surface area contributed by atoms with Gasteiger partial charge in [-0.1, -0.05) is 0 Å². The molecule has 1 saturated carbocycles. The summed E-state index contributed by atoms with van der Waals surface area (Å²) < 4.78 is 5.73. The summed E-state index contributed by atoms with van der Waals surface area (Å²) in [6.45, 7) is 4.30. The van der Waals surface area contributed by atoms with E-state index in [0.29, 0.717) is 12.1 Å². The highest BCUT2D eigenvalue weighted by atomic mass is 16.5. The second-order valence-corrected chi connectivity index (χ2v) is 3.94. The van der Waals surface area contributed by atoms with E-state index in [1.807, 2.05) is 0 Å². The van der Waals surface area contributed by atoms with Gasteiger partial charge in [-0.2, -0.15) is 0 Å². The number of nitrogens with one attached hydrogen (secondary N) is 1. The first kappa shape index (κ1) is 7.56. The lowest BCUT2D eigenvalue weighted by molar-refractivity contribution is 0.0581. The van der Waals surface area contributed by atoms with Gasteiger partial charge < -0.3 is 10.1 Å². The molecular weight excluding hydrogens is 138 g/mol. The highest BCUT2D eigenvalue weighted by molar-refractivity contribution is 4.80. The van der Waals surface area contributed by atoms with Gasteiger partial charge >= 0.3 is 0 Å². The lowest BCUT2D eigenvalue weighted by Gasteiger charge is -2.09. The first-order valence-corrected chi connectivity index (χ1v) is 4.69. The van der Waals surface area contributed by atoms with Gasteiger partial charge in [-0.25, -0.2) is 0 Å². The Morgan fingerprint density at radius 2 is 2.27 bits per heavy atom. The third-order valence-electron chi connectivity index (χ3n) is 2.57. The molecule has 2 atom stereocenters. The molecule has 1 N–H and O–H groups in total. The van der Waals surface area contributed by atoms with Crippen LogP contribution in [0.25, 0.3) is 0 Å². The highest BCUT2D eigenvalue weighted by Gasteiger charge is 2.26. The molecule has 64 valence electrons. The Bertz CT molecular complexity index is 134. The predicted octanol–water partition coefficient (Wildman–Crippen LogP) is 1.16. The summed E-state index contributed by atoms with van der Waals surface area (Å²) in [6.07, 6.45) is 4.50. The van der Waals surface area contributed by atoms with Gasteiger partial charge in [0.15, 0.2) is 0 Å². The second kappa shape index (κ2) is 3.11. The maximum atomic E-state index is 5.73. The zero-order chi connectivity index (χ0) is 7.68. The average Bonchev–Trinajstić information content (AvgIpc) is 2.72. The Hall–Kier alpha value is -0.0800. The van der Waals surface area contributed by atoms with Crippen molar-refractivity contribution in [1.29, 1.82) is 0 Å². The van der Waals surface area contributed by atoms with Crippen LogP contribution in [0.1, 0.15) is 26.2 Å². The van der Waals surface area contributed by atoms with E-state index in [4.69, 9.17) is 4.74 Å². The minimum absolute atomic E-state index is 0.505. The topological polar surface area (TPSA) is 21.3 Å². The Morgan fingerprint density at radius 1 is 1.45 bits per heavy atom. The van der Waals surface area contributed by atoms with E-state index < -0.39 is 0 Å². The fourth-order valence-corrected chi connectivity index (χ4v) is 1.58. The molecular formula is C9H17NO. The van der Waals surface area contributed by atoms with Crippen molar-refractivity contribution in [3.8, 4) is 0 Å². The van der Waals surface area contributed by atoms with Gasteiger partial charge in [-0.05, 0) is 32.1 Å². The van der Waals surface area contributed by atoms with E-state index in [1.54, 1.807) is 0 Å². The molecule has 0 aromatic carbocycles. The van der Waals surface area contributed by atoms with Crippen LogP contribution in [0.5, 0.6) is 0 Å². The molecule has 1 heterocycles. The van der Waals surface area contributed by atoms with Gasteiger partial charge in [0.1, 0.15) is 0 Å². The second-order valence-electron chi connectivity index (χ2n) is 3.94. The van der Waals surface area contributed by atoms with Crippen molar-refractivity contribution in [2.24, 2.45) is 5.92 Å². The lowest BCUT2D eigenvalue weighted by Crippen LogP contribution is -2.19. The van der Waals surface area contributed by atoms with Crippen molar-refractivity contribution in [3.05, 3.63) is 0 Å². The third-order valence-corrected chi connectivity index (χ3v) is 2.57. The Kier molecular flexibility index (Phi) is 2.14. The molecule has 2 fully saturated rings. The maximum Gasteiger partial charge on any atom is 0.0714 e. The van der Waals surface area contributed by atoms with Crippen LogP contribution in [-0.2, 0) is 4.74 Å². The van der Waals surface area contributed by atoms with Crippen molar-refractivity contribution >= 4 is 0 Å². The van der Waals surface area contributed by atoms with Gasteiger partial charge in [0.2, 0.25) is 0 Å². The molecule has 2 heteroatoms. The summed E-state index contributed by atoms with van der Waals surface area (Å²) in [7, 11) is 0. The Balaban J connectivity index is 1.62. The van der Waals surface area contributed by atoms with E-state index in [0.717, 1.165) is 19.1 Å². The van der Waals surface area contributed by atoms with Crippen molar-refractivity contribution in [3.63, 3.8) is 0 Å². The number of ether oxygens (including phenoxy) is 1. The fraction of sp³-hybridized carbons (Fsp3) is 1.00. The normalized spacial score (nSPS) is 37.9. The summed E-state index contributed by atoms with van der Waals surface area (Å²) in [6, 6.07) is 0.666. The summed E-state index contributed by atoms with van der Waals surface area (Å²) in [5.41, 5.74) is 0.